The van der Waals surface area contributed by atoms with Crippen LogP contribution in [-0.2, 0) is 9.53 Å². The number of aromatic nitrogens is 1. The average Bonchev–Trinajstić information content (AvgIpc) is 3.54. The van der Waals surface area contributed by atoms with Crippen molar-refractivity contribution in [2.24, 2.45) is 0 Å². The van der Waals surface area contributed by atoms with E-state index in [9.17, 15) is 24.8 Å². The number of carboxylic acid groups (broad SMARTS) is 1. The zero-order valence-corrected chi connectivity index (χ0v) is 27.2. The molecule has 3 N–H and O–H groups in total. The highest BCUT2D eigenvalue weighted by atomic mass is 35.5. The van der Waals surface area contributed by atoms with Crippen LogP contribution < -0.4 is 15.4 Å². The topological polar surface area (TPSA) is 154 Å². The van der Waals surface area contributed by atoms with Gasteiger partial charge >= 0.3 is 6.09 Å². The number of methoxy groups -OCH3 is 1. The molecular formula is C33H32ClN5O6S. The van der Waals surface area contributed by atoms with Crippen molar-refractivity contribution >= 4 is 52.4 Å². The van der Waals surface area contributed by atoms with Crippen LogP contribution in [0.1, 0.15) is 42.4 Å². The molecule has 2 heterocycles. The first kappa shape index (κ1) is 33.9. The Morgan fingerprint density at radius 3 is 2.50 bits per heavy atom. The fourth-order valence-corrected chi connectivity index (χ4v) is 5.34. The molecule has 0 bridgehead atoms. The Labute approximate surface area is 275 Å². The van der Waals surface area contributed by atoms with Crippen molar-refractivity contribution in [1.29, 1.82) is 5.26 Å². The highest BCUT2D eigenvalue weighted by Crippen LogP contribution is 2.38. The van der Waals surface area contributed by atoms with Crippen molar-refractivity contribution in [3.05, 3.63) is 81.5 Å². The first-order valence-corrected chi connectivity index (χ1v) is 15.3. The summed E-state index contributed by atoms with van der Waals surface area (Å²) in [5.74, 6) is -0.402. The molecule has 46 heavy (non-hydrogen) atoms. The Morgan fingerprint density at radius 2 is 1.85 bits per heavy atom. The lowest BCUT2D eigenvalue weighted by Gasteiger charge is -2.32. The van der Waals surface area contributed by atoms with Gasteiger partial charge in [0, 0.05) is 47.5 Å². The second kappa shape index (κ2) is 14.9. The normalized spacial score (nSPS) is 11.0. The number of anilines is 2. The van der Waals surface area contributed by atoms with E-state index in [1.807, 2.05) is 0 Å². The smallest absolute Gasteiger partial charge is 0.407 e. The SMILES string of the molecule is COCOc1cc(Cl)ccc1-c1cc(-c2cccc(NC(=O)CCN(C(=O)O)C(C)(C)C)c2)c(C#N)c(NC(=O)c2cccs2)n1. The number of pyridine rings is 1. The van der Waals surface area contributed by atoms with E-state index in [1.54, 1.807) is 86.8 Å². The summed E-state index contributed by atoms with van der Waals surface area (Å²) in [6, 6.07) is 19.1. The molecule has 0 radical (unpaired) electrons. The highest BCUT2D eigenvalue weighted by Gasteiger charge is 2.26. The van der Waals surface area contributed by atoms with Gasteiger partial charge in [-0.2, -0.15) is 5.26 Å². The summed E-state index contributed by atoms with van der Waals surface area (Å²) in [7, 11) is 1.49. The van der Waals surface area contributed by atoms with Gasteiger partial charge in [-0.1, -0.05) is 29.8 Å². The summed E-state index contributed by atoms with van der Waals surface area (Å²) in [6.45, 7) is 5.23. The number of amides is 3. The average molecular weight is 662 g/mol. The van der Waals surface area contributed by atoms with E-state index in [1.165, 1.54) is 23.3 Å². The van der Waals surface area contributed by atoms with Gasteiger partial charge in [0.25, 0.3) is 5.91 Å². The summed E-state index contributed by atoms with van der Waals surface area (Å²) in [5.41, 5.74) is 1.76. The Hall–Kier alpha value is -4.96. The predicted molar refractivity (Wildman–Crippen MR) is 177 cm³/mol. The quantitative estimate of drug-likeness (QED) is 0.141. The third-order valence-corrected chi connectivity index (χ3v) is 7.82. The molecule has 0 saturated carbocycles. The van der Waals surface area contributed by atoms with Gasteiger partial charge in [0.15, 0.2) is 12.6 Å². The lowest BCUT2D eigenvalue weighted by atomic mass is 9.97. The second-order valence-corrected chi connectivity index (χ2v) is 12.4. The van der Waals surface area contributed by atoms with Crippen LogP contribution in [0.15, 0.2) is 66.0 Å². The van der Waals surface area contributed by atoms with Gasteiger partial charge < -0.3 is 30.1 Å². The number of nitrogens with zero attached hydrogens (tertiary/aromatic N) is 3. The number of ether oxygens (including phenoxy) is 2. The van der Waals surface area contributed by atoms with E-state index in [4.69, 9.17) is 21.1 Å². The Morgan fingerprint density at radius 1 is 1.07 bits per heavy atom. The first-order chi connectivity index (χ1) is 21.9. The van der Waals surface area contributed by atoms with Gasteiger partial charge in [0.1, 0.15) is 17.4 Å². The second-order valence-electron chi connectivity index (χ2n) is 11.0. The largest absolute Gasteiger partial charge is 0.467 e. The lowest BCUT2D eigenvalue weighted by molar-refractivity contribution is -0.116. The number of nitrogens with one attached hydrogen (secondary N) is 2. The van der Waals surface area contributed by atoms with Crippen molar-refractivity contribution in [2.45, 2.75) is 32.7 Å². The standard InChI is InChI=1S/C33H32ClN5O6S/c1-33(2,3)39(32(42)43)13-12-29(40)36-22-8-5-7-20(15-22)24-17-26(23-11-10-21(34)16-27(23)45-19-44-4)37-30(25(24)18-35)38-31(41)28-9-6-14-46-28/h5-11,14-17H,12-13,19H2,1-4H3,(H,36,40)(H,42,43)(H,37,38,41). The molecule has 0 fully saturated rings. The van der Waals surface area contributed by atoms with E-state index >= 15 is 0 Å². The van der Waals surface area contributed by atoms with Crippen molar-refractivity contribution in [2.75, 3.05) is 31.1 Å². The van der Waals surface area contributed by atoms with Crippen molar-refractivity contribution < 1.29 is 29.0 Å². The summed E-state index contributed by atoms with van der Waals surface area (Å²) in [6.07, 6.45) is -1.17. The van der Waals surface area contributed by atoms with Crippen LogP contribution in [0, 0.1) is 11.3 Å². The molecule has 3 amide bonds. The van der Waals surface area contributed by atoms with Gasteiger partial charge in [0.2, 0.25) is 5.91 Å². The number of carbonyl (C=O) groups excluding carboxylic acids is 2. The van der Waals surface area contributed by atoms with E-state index in [0.717, 1.165) is 0 Å². The molecule has 0 saturated heterocycles. The monoisotopic (exact) mass is 661 g/mol. The van der Waals surface area contributed by atoms with Gasteiger partial charge in [-0.3, -0.25) is 9.59 Å². The van der Waals surface area contributed by atoms with Crippen molar-refractivity contribution in [3.8, 4) is 34.2 Å². The van der Waals surface area contributed by atoms with Crippen LogP contribution in [0.2, 0.25) is 5.02 Å². The van der Waals surface area contributed by atoms with E-state index in [0.29, 0.717) is 43.7 Å². The summed E-state index contributed by atoms with van der Waals surface area (Å²) in [5, 5.41) is 27.6. The molecule has 0 unspecified atom stereocenters. The molecule has 0 aliphatic carbocycles. The molecule has 11 nitrogen and oxygen atoms in total. The van der Waals surface area contributed by atoms with Gasteiger partial charge in [0.05, 0.1) is 10.6 Å². The zero-order chi connectivity index (χ0) is 33.4. The van der Waals surface area contributed by atoms with Crippen LogP contribution in [0.5, 0.6) is 5.75 Å². The maximum atomic E-state index is 13.1. The molecule has 0 atom stereocenters. The van der Waals surface area contributed by atoms with Crippen LogP contribution in [0.25, 0.3) is 22.4 Å². The minimum absolute atomic E-state index is 0.0124. The van der Waals surface area contributed by atoms with E-state index < -0.39 is 17.5 Å². The minimum Gasteiger partial charge on any atom is -0.467 e. The fourth-order valence-electron chi connectivity index (χ4n) is 4.56. The first-order valence-electron chi connectivity index (χ1n) is 14.0. The van der Waals surface area contributed by atoms with Gasteiger partial charge in [-0.15, -0.1) is 11.3 Å². The Kier molecular flexibility index (Phi) is 11.0. The van der Waals surface area contributed by atoms with E-state index in [-0.39, 0.29) is 37.0 Å². The van der Waals surface area contributed by atoms with Gasteiger partial charge in [-0.25, -0.2) is 9.78 Å². The fraction of sp³-hybridized carbons (Fsp3) is 0.242. The van der Waals surface area contributed by atoms with Crippen LogP contribution in [-0.4, -0.2) is 58.9 Å². The molecule has 4 rings (SSSR count). The summed E-state index contributed by atoms with van der Waals surface area (Å²) in [4.78, 5) is 43.9. The summed E-state index contributed by atoms with van der Waals surface area (Å²) >= 11 is 7.49. The summed E-state index contributed by atoms with van der Waals surface area (Å²) < 4.78 is 10.8. The van der Waals surface area contributed by atoms with Crippen LogP contribution in [0.4, 0.5) is 16.3 Å². The zero-order valence-electron chi connectivity index (χ0n) is 25.6. The molecule has 13 heteroatoms. The molecule has 2 aromatic carbocycles. The highest BCUT2D eigenvalue weighted by molar-refractivity contribution is 7.12. The number of halogens is 1. The number of carbonyl (C=O) groups is 3. The number of hydrogen-bond acceptors (Lipinski definition) is 8. The molecule has 0 aliphatic rings. The minimum atomic E-state index is -1.11. The molecular weight excluding hydrogens is 630 g/mol. The third-order valence-electron chi connectivity index (χ3n) is 6.72. The number of rotatable bonds is 11. The molecule has 4 aromatic rings. The van der Waals surface area contributed by atoms with Crippen LogP contribution >= 0.6 is 22.9 Å². The van der Waals surface area contributed by atoms with Crippen molar-refractivity contribution in [1.82, 2.24) is 9.88 Å². The predicted octanol–water partition coefficient (Wildman–Crippen LogP) is 7.34. The number of hydrogen-bond donors (Lipinski definition) is 3. The molecule has 238 valence electrons. The van der Waals surface area contributed by atoms with E-state index in [2.05, 4.69) is 21.7 Å². The third kappa shape index (κ3) is 8.39. The number of nitriles is 1. The number of benzene rings is 2. The lowest BCUT2D eigenvalue weighted by Crippen LogP contribution is -2.46. The maximum absolute atomic E-state index is 13.1. The maximum Gasteiger partial charge on any atom is 0.407 e. The molecule has 0 spiro atoms. The Bertz CT molecular complexity index is 1780. The van der Waals surface area contributed by atoms with Crippen LogP contribution in [0.3, 0.4) is 0 Å². The van der Waals surface area contributed by atoms with Crippen molar-refractivity contribution in [3.63, 3.8) is 0 Å². The molecule has 2 aromatic heterocycles. The van der Waals surface area contributed by atoms with Gasteiger partial charge in [-0.05, 0) is 74.2 Å². The number of thiophene rings is 1. The molecule has 0 aliphatic heterocycles. The Balaban J connectivity index is 1.75.